The van der Waals surface area contributed by atoms with Gasteiger partial charge in [0.1, 0.15) is 6.10 Å². The topological polar surface area (TPSA) is 117 Å². The van der Waals surface area contributed by atoms with Crippen LogP contribution in [0.3, 0.4) is 0 Å². The molecule has 212 valence electrons. The van der Waals surface area contributed by atoms with Gasteiger partial charge in [0.2, 0.25) is 11.9 Å². The fraction of sp³-hybridized carbons (Fsp3) is 0.483. The van der Waals surface area contributed by atoms with E-state index in [2.05, 4.69) is 53.1 Å². The lowest BCUT2D eigenvalue weighted by Crippen LogP contribution is -2.46. The fourth-order valence-electron chi connectivity index (χ4n) is 5.18. The van der Waals surface area contributed by atoms with Gasteiger partial charge in [-0.25, -0.2) is 0 Å². The first kappa shape index (κ1) is 27.6. The van der Waals surface area contributed by atoms with Crippen LogP contribution >= 0.6 is 0 Å². The summed E-state index contributed by atoms with van der Waals surface area (Å²) in [6.07, 6.45) is 6.47. The minimum Gasteiger partial charge on any atom is -0.460 e. The van der Waals surface area contributed by atoms with E-state index in [-0.39, 0.29) is 29.9 Å². The summed E-state index contributed by atoms with van der Waals surface area (Å²) in [7, 11) is 2.12. The number of nitrogens with one attached hydrogen (secondary N) is 2. The van der Waals surface area contributed by atoms with E-state index in [1.807, 2.05) is 18.3 Å². The summed E-state index contributed by atoms with van der Waals surface area (Å²) in [6.45, 7) is 10.9. The highest BCUT2D eigenvalue weighted by molar-refractivity contribution is 5.95. The summed E-state index contributed by atoms with van der Waals surface area (Å²) in [5, 5.41) is 11.0. The predicted molar refractivity (Wildman–Crippen MR) is 153 cm³/mol. The Morgan fingerprint density at radius 2 is 1.85 bits per heavy atom. The van der Waals surface area contributed by atoms with Crippen LogP contribution in [0.25, 0.3) is 5.65 Å². The van der Waals surface area contributed by atoms with E-state index in [0.717, 1.165) is 31.5 Å². The standard InChI is InChI=1S/C29H38N8O3/c1-5-25(38)36-15-9-21(10-16-36)31-27(39)20-7-6-8-22(17-20)32-28-34-29(40-23-11-13-35(4)14-12-23)33-26-24(19(2)3)18-30-37(26)28/h5-8,17-19,21,23H,1,9-16H2,2-4H3,(H,31,39)(H,32,33,34). The van der Waals surface area contributed by atoms with Crippen LogP contribution in [-0.2, 0) is 4.79 Å². The van der Waals surface area contributed by atoms with Gasteiger partial charge in [0.05, 0.1) is 6.20 Å². The van der Waals surface area contributed by atoms with E-state index in [9.17, 15) is 9.59 Å². The fourth-order valence-corrected chi connectivity index (χ4v) is 5.18. The Morgan fingerprint density at radius 1 is 1.10 bits per heavy atom. The second-order valence-corrected chi connectivity index (χ2v) is 10.9. The first-order valence-electron chi connectivity index (χ1n) is 14.0. The monoisotopic (exact) mass is 546 g/mol. The molecule has 11 nitrogen and oxygen atoms in total. The quantitative estimate of drug-likeness (QED) is 0.413. The van der Waals surface area contributed by atoms with Gasteiger partial charge in [-0.05, 0) is 62.9 Å². The molecule has 40 heavy (non-hydrogen) atoms. The van der Waals surface area contributed by atoms with Gasteiger partial charge < -0.3 is 25.2 Å². The number of carbonyl (C=O) groups excluding carboxylic acids is 2. The van der Waals surface area contributed by atoms with Crippen LogP contribution in [0.1, 0.15) is 61.4 Å². The third kappa shape index (κ3) is 6.25. The molecule has 2 N–H and O–H groups in total. The average Bonchev–Trinajstić information content (AvgIpc) is 3.39. The predicted octanol–water partition coefficient (Wildman–Crippen LogP) is 3.37. The van der Waals surface area contributed by atoms with Crippen LogP contribution in [0, 0.1) is 0 Å². The van der Waals surface area contributed by atoms with E-state index in [4.69, 9.17) is 9.72 Å². The van der Waals surface area contributed by atoms with Crippen molar-refractivity contribution >= 4 is 29.1 Å². The minimum absolute atomic E-state index is 0.0114. The van der Waals surface area contributed by atoms with Crippen molar-refractivity contribution in [2.24, 2.45) is 0 Å². The van der Waals surface area contributed by atoms with Crippen LogP contribution in [-0.4, -0.2) is 86.6 Å². The molecule has 2 amide bonds. The molecule has 2 aromatic heterocycles. The second-order valence-electron chi connectivity index (χ2n) is 10.9. The lowest BCUT2D eigenvalue weighted by molar-refractivity contribution is -0.127. The van der Waals surface area contributed by atoms with Crippen LogP contribution < -0.4 is 15.4 Å². The van der Waals surface area contributed by atoms with E-state index < -0.39 is 0 Å². The van der Waals surface area contributed by atoms with Crippen molar-refractivity contribution in [1.82, 2.24) is 34.7 Å². The van der Waals surface area contributed by atoms with Gasteiger partial charge in [0.25, 0.3) is 5.91 Å². The molecular weight excluding hydrogens is 508 g/mol. The minimum atomic E-state index is -0.155. The first-order chi connectivity index (χ1) is 19.3. The molecule has 0 aliphatic carbocycles. The molecule has 0 bridgehead atoms. The molecule has 3 aromatic rings. The Kier molecular flexibility index (Phi) is 8.29. The molecule has 0 radical (unpaired) electrons. The zero-order chi connectivity index (χ0) is 28.2. The lowest BCUT2D eigenvalue weighted by atomic mass is 10.0. The number of aromatic nitrogens is 4. The maximum Gasteiger partial charge on any atom is 0.322 e. The largest absolute Gasteiger partial charge is 0.460 e. The zero-order valence-electron chi connectivity index (χ0n) is 23.5. The van der Waals surface area contributed by atoms with Gasteiger partial charge in [-0.2, -0.15) is 19.6 Å². The van der Waals surface area contributed by atoms with E-state index in [0.29, 0.717) is 54.8 Å². The van der Waals surface area contributed by atoms with Gasteiger partial charge >= 0.3 is 6.01 Å². The summed E-state index contributed by atoms with van der Waals surface area (Å²) >= 11 is 0. The maximum atomic E-state index is 13.1. The highest BCUT2D eigenvalue weighted by Gasteiger charge is 2.24. The van der Waals surface area contributed by atoms with Crippen LogP contribution in [0.5, 0.6) is 6.01 Å². The van der Waals surface area contributed by atoms with E-state index >= 15 is 0 Å². The molecule has 0 unspecified atom stereocenters. The molecule has 2 aliphatic heterocycles. The van der Waals surface area contributed by atoms with E-state index in [1.54, 1.807) is 21.5 Å². The van der Waals surface area contributed by atoms with Crippen molar-refractivity contribution < 1.29 is 14.3 Å². The summed E-state index contributed by atoms with van der Waals surface area (Å²) in [6, 6.07) is 7.63. The summed E-state index contributed by atoms with van der Waals surface area (Å²) in [4.78, 5) is 38.4. The second kappa shape index (κ2) is 12.0. The van der Waals surface area contributed by atoms with Gasteiger partial charge in [0, 0.05) is 49.0 Å². The van der Waals surface area contributed by atoms with Gasteiger partial charge in [-0.15, -0.1) is 0 Å². The lowest BCUT2D eigenvalue weighted by Gasteiger charge is -2.31. The molecule has 2 fully saturated rings. The Bertz CT molecular complexity index is 1370. The number of piperidine rings is 2. The van der Waals surface area contributed by atoms with Crippen molar-refractivity contribution in [3.8, 4) is 6.01 Å². The maximum absolute atomic E-state index is 13.1. The molecule has 1 aromatic carbocycles. The molecule has 5 rings (SSSR count). The molecule has 0 spiro atoms. The molecule has 2 aliphatic rings. The average molecular weight is 547 g/mol. The van der Waals surface area contributed by atoms with Crippen molar-refractivity contribution in [1.29, 1.82) is 0 Å². The Morgan fingerprint density at radius 3 is 2.55 bits per heavy atom. The van der Waals surface area contributed by atoms with Gasteiger partial charge in [0.15, 0.2) is 5.65 Å². The number of amides is 2. The smallest absolute Gasteiger partial charge is 0.322 e. The molecular formula is C29H38N8O3. The number of ether oxygens (including phenoxy) is 1. The Balaban J connectivity index is 1.32. The molecule has 0 saturated carbocycles. The Labute approximate surface area is 234 Å². The number of hydrogen-bond acceptors (Lipinski definition) is 8. The molecule has 11 heteroatoms. The number of carbonyl (C=O) groups is 2. The number of rotatable bonds is 8. The van der Waals surface area contributed by atoms with Crippen molar-refractivity contribution in [2.75, 3.05) is 38.5 Å². The van der Waals surface area contributed by atoms with Crippen LogP contribution in [0.4, 0.5) is 11.6 Å². The summed E-state index contributed by atoms with van der Waals surface area (Å²) in [5.74, 6) is 0.472. The zero-order valence-corrected chi connectivity index (χ0v) is 23.5. The number of anilines is 2. The normalized spacial score (nSPS) is 17.2. The molecule has 2 saturated heterocycles. The SMILES string of the molecule is C=CC(=O)N1CCC(NC(=O)c2cccc(Nc3nc(OC4CCN(C)CC4)nc4c(C(C)C)cnn34)c2)CC1. The number of hydrogen-bond donors (Lipinski definition) is 2. The third-order valence-electron chi connectivity index (χ3n) is 7.63. The third-order valence-corrected chi connectivity index (χ3v) is 7.63. The highest BCUT2D eigenvalue weighted by Crippen LogP contribution is 2.26. The molecule has 0 atom stereocenters. The molecule has 4 heterocycles. The number of fused-ring (bicyclic) bond motifs is 1. The van der Waals surface area contributed by atoms with Crippen molar-refractivity contribution in [3.63, 3.8) is 0 Å². The number of benzene rings is 1. The van der Waals surface area contributed by atoms with Gasteiger partial charge in [-0.3, -0.25) is 9.59 Å². The van der Waals surface area contributed by atoms with Crippen LogP contribution in [0.2, 0.25) is 0 Å². The van der Waals surface area contributed by atoms with Crippen molar-refractivity contribution in [2.45, 2.75) is 57.6 Å². The highest BCUT2D eigenvalue weighted by atomic mass is 16.5. The first-order valence-corrected chi connectivity index (χ1v) is 14.0. The van der Waals surface area contributed by atoms with E-state index in [1.165, 1.54) is 6.08 Å². The summed E-state index contributed by atoms with van der Waals surface area (Å²) < 4.78 is 7.93. The Hall–Kier alpha value is -3.99. The number of likely N-dealkylation sites (tertiary alicyclic amines) is 2. The number of nitrogens with zero attached hydrogens (tertiary/aromatic N) is 6. The van der Waals surface area contributed by atoms with Gasteiger partial charge in [-0.1, -0.05) is 26.5 Å². The van der Waals surface area contributed by atoms with Crippen molar-refractivity contribution in [3.05, 3.63) is 54.2 Å². The summed E-state index contributed by atoms with van der Waals surface area (Å²) in [5.41, 5.74) is 2.94. The van der Waals surface area contributed by atoms with Crippen LogP contribution in [0.15, 0.2) is 43.1 Å².